The summed E-state index contributed by atoms with van der Waals surface area (Å²) >= 11 is 0. The monoisotopic (exact) mass is 224 g/mol. The van der Waals surface area contributed by atoms with E-state index < -0.39 is 0 Å². The number of amides is 1. The van der Waals surface area contributed by atoms with Crippen LogP contribution in [0.3, 0.4) is 0 Å². The molecule has 4 heteroatoms. The minimum absolute atomic E-state index is 0.135. The van der Waals surface area contributed by atoms with E-state index in [2.05, 4.69) is 0 Å². The summed E-state index contributed by atoms with van der Waals surface area (Å²) in [7, 11) is 0. The molecule has 1 heterocycles. The van der Waals surface area contributed by atoms with Crippen molar-refractivity contribution in [2.45, 2.75) is 51.5 Å². The van der Waals surface area contributed by atoms with Crippen molar-refractivity contribution < 1.29 is 9.59 Å². The summed E-state index contributed by atoms with van der Waals surface area (Å²) in [6.07, 6.45) is 6.47. The highest BCUT2D eigenvalue weighted by atomic mass is 16.2. The van der Waals surface area contributed by atoms with Crippen molar-refractivity contribution in [2.75, 3.05) is 13.1 Å². The van der Waals surface area contributed by atoms with Crippen LogP contribution in [0.2, 0.25) is 0 Å². The maximum atomic E-state index is 11.8. The van der Waals surface area contributed by atoms with Crippen LogP contribution in [0.25, 0.3) is 0 Å². The van der Waals surface area contributed by atoms with Gasteiger partial charge in [-0.3, -0.25) is 14.6 Å². The van der Waals surface area contributed by atoms with Crippen LogP contribution in [-0.4, -0.2) is 40.8 Å². The second kappa shape index (κ2) is 4.95. The summed E-state index contributed by atoms with van der Waals surface area (Å²) < 4.78 is 0. The van der Waals surface area contributed by atoms with Gasteiger partial charge in [0.05, 0.1) is 6.54 Å². The zero-order valence-corrected chi connectivity index (χ0v) is 9.95. The second-order valence-corrected chi connectivity index (χ2v) is 4.87. The zero-order chi connectivity index (χ0) is 11.5. The van der Waals surface area contributed by atoms with E-state index in [4.69, 9.17) is 0 Å². The van der Waals surface area contributed by atoms with E-state index in [9.17, 15) is 9.59 Å². The summed E-state index contributed by atoms with van der Waals surface area (Å²) in [5, 5.41) is 3.82. The van der Waals surface area contributed by atoms with Crippen LogP contribution in [0.15, 0.2) is 0 Å². The van der Waals surface area contributed by atoms with Crippen LogP contribution in [0.1, 0.15) is 45.4 Å². The largest absolute Gasteiger partial charge is 0.298 e. The van der Waals surface area contributed by atoms with Gasteiger partial charge in [0.15, 0.2) is 0 Å². The van der Waals surface area contributed by atoms with Crippen molar-refractivity contribution >= 4 is 11.7 Å². The van der Waals surface area contributed by atoms with Crippen LogP contribution in [0.5, 0.6) is 0 Å². The lowest BCUT2D eigenvalue weighted by atomic mass is 9.95. The lowest BCUT2D eigenvalue weighted by molar-refractivity contribution is -0.146. The summed E-state index contributed by atoms with van der Waals surface area (Å²) in [4.78, 5) is 23.0. The lowest BCUT2D eigenvalue weighted by Gasteiger charge is -2.36. The standard InChI is InChI=1S/C12H20N2O2/c1-10(15)9-13-8-7-12(16)14(13)11-5-3-2-4-6-11/h11H,2-9H2,1H3. The normalized spacial score (nSPS) is 24.1. The molecule has 4 nitrogen and oxygen atoms in total. The molecule has 2 rings (SSSR count). The molecule has 1 amide bonds. The quantitative estimate of drug-likeness (QED) is 0.726. The Hall–Kier alpha value is -0.900. The Morgan fingerprint density at radius 3 is 2.62 bits per heavy atom. The number of Topliss-reactive ketones (excluding diaryl/α,β-unsaturated/α-hetero) is 1. The SMILES string of the molecule is CC(=O)CN1CCC(=O)N1C1CCCCC1. The molecule has 1 aliphatic carbocycles. The van der Waals surface area contributed by atoms with Crippen molar-refractivity contribution in [3.63, 3.8) is 0 Å². The van der Waals surface area contributed by atoms with E-state index in [1.54, 1.807) is 6.92 Å². The fraction of sp³-hybridized carbons (Fsp3) is 0.833. The van der Waals surface area contributed by atoms with Crippen molar-refractivity contribution in [2.24, 2.45) is 0 Å². The summed E-state index contributed by atoms with van der Waals surface area (Å²) in [5.41, 5.74) is 0. The van der Waals surface area contributed by atoms with Gasteiger partial charge in [0.2, 0.25) is 5.91 Å². The fourth-order valence-electron chi connectivity index (χ4n) is 2.78. The van der Waals surface area contributed by atoms with Crippen LogP contribution in [0.4, 0.5) is 0 Å². The zero-order valence-electron chi connectivity index (χ0n) is 9.95. The second-order valence-electron chi connectivity index (χ2n) is 4.87. The molecule has 0 aromatic carbocycles. The van der Waals surface area contributed by atoms with E-state index >= 15 is 0 Å². The molecule has 0 aromatic rings. The van der Waals surface area contributed by atoms with Crippen LogP contribution >= 0.6 is 0 Å². The van der Waals surface area contributed by atoms with Crippen LogP contribution < -0.4 is 0 Å². The van der Waals surface area contributed by atoms with Gasteiger partial charge in [0, 0.05) is 19.0 Å². The molecule has 0 atom stereocenters. The molecule has 0 bridgehead atoms. The molecular weight excluding hydrogens is 204 g/mol. The molecule has 1 saturated heterocycles. The van der Waals surface area contributed by atoms with E-state index in [0.717, 1.165) is 19.4 Å². The number of carbonyl (C=O) groups is 2. The highest BCUT2D eigenvalue weighted by Crippen LogP contribution is 2.27. The molecule has 90 valence electrons. The number of nitrogens with zero attached hydrogens (tertiary/aromatic N) is 2. The van der Waals surface area contributed by atoms with E-state index in [0.29, 0.717) is 19.0 Å². The van der Waals surface area contributed by atoms with Crippen molar-refractivity contribution in [1.82, 2.24) is 10.0 Å². The first kappa shape index (κ1) is 11.6. The van der Waals surface area contributed by atoms with Gasteiger partial charge in [0.25, 0.3) is 0 Å². The Morgan fingerprint density at radius 2 is 2.00 bits per heavy atom. The molecule has 0 aromatic heterocycles. The van der Waals surface area contributed by atoms with Crippen molar-refractivity contribution in [3.8, 4) is 0 Å². The summed E-state index contributed by atoms with van der Waals surface area (Å²) in [6, 6.07) is 0.350. The van der Waals surface area contributed by atoms with Gasteiger partial charge in [-0.2, -0.15) is 0 Å². The van der Waals surface area contributed by atoms with Gasteiger partial charge >= 0.3 is 0 Å². The molecule has 0 spiro atoms. The van der Waals surface area contributed by atoms with Gasteiger partial charge in [-0.1, -0.05) is 19.3 Å². The average Bonchev–Trinajstić information content (AvgIpc) is 2.60. The molecule has 2 aliphatic rings. The minimum Gasteiger partial charge on any atom is -0.298 e. The first-order chi connectivity index (χ1) is 7.68. The topological polar surface area (TPSA) is 40.6 Å². The van der Waals surface area contributed by atoms with Gasteiger partial charge < -0.3 is 0 Å². The number of hydrogen-bond donors (Lipinski definition) is 0. The van der Waals surface area contributed by atoms with Gasteiger partial charge in [0.1, 0.15) is 5.78 Å². The third-order valence-corrected chi connectivity index (χ3v) is 3.47. The molecular formula is C12H20N2O2. The summed E-state index contributed by atoms with van der Waals surface area (Å²) in [6.45, 7) is 2.69. The van der Waals surface area contributed by atoms with Crippen molar-refractivity contribution in [3.05, 3.63) is 0 Å². The number of ketones is 1. The van der Waals surface area contributed by atoms with E-state index in [1.807, 2.05) is 10.0 Å². The fourth-order valence-corrected chi connectivity index (χ4v) is 2.78. The third-order valence-electron chi connectivity index (χ3n) is 3.47. The Labute approximate surface area is 96.6 Å². The summed E-state index contributed by atoms with van der Waals surface area (Å²) in [5.74, 6) is 0.337. The molecule has 2 fully saturated rings. The number of rotatable bonds is 3. The van der Waals surface area contributed by atoms with Gasteiger partial charge in [-0.05, 0) is 19.8 Å². The maximum absolute atomic E-state index is 11.8. The average molecular weight is 224 g/mol. The molecule has 16 heavy (non-hydrogen) atoms. The number of carbonyl (C=O) groups excluding carboxylic acids is 2. The highest BCUT2D eigenvalue weighted by Gasteiger charge is 2.35. The molecule has 1 aliphatic heterocycles. The predicted molar refractivity (Wildman–Crippen MR) is 60.6 cm³/mol. The number of hydrazine groups is 1. The first-order valence-corrected chi connectivity index (χ1v) is 6.25. The van der Waals surface area contributed by atoms with Gasteiger partial charge in [-0.15, -0.1) is 0 Å². The Balaban J connectivity index is 2.02. The Kier molecular flexibility index (Phi) is 3.59. The third kappa shape index (κ3) is 2.43. The smallest absolute Gasteiger partial charge is 0.238 e. The van der Waals surface area contributed by atoms with Crippen molar-refractivity contribution in [1.29, 1.82) is 0 Å². The van der Waals surface area contributed by atoms with Gasteiger partial charge in [-0.25, -0.2) is 5.01 Å². The molecule has 0 unspecified atom stereocenters. The van der Waals surface area contributed by atoms with Crippen LogP contribution in [0, 0.1) is 0 Å². The van der Waals surface area contributed by atoms with E-state index in [-0.39, 0.29) is 11.7 Å². The molecule has 0 radical (unpaired) electrons. The highest BCUT2D eigenvalue weighted by molar-refractivity contribution is 5.81. The van der Waals surface area contributed by atoms with Crippen LogP contribution in [-0.2, 0) is 9.59 Å². The lowest BCUT2D eigenvalue weighted by Crippen LogP contribution is -2.48. The maximum Gasteiger partial charge on any atom is 0.238 e. The first-order valence-electron chi connectivity index (χ1n) is 6.25. The molecule has 1 saturated carbocycles. The molecule has 0 N–H and O–H groups in total. The Bertz CT molecular complexity index is 285. The number of hydrogen-bond acceptors (Lipinski definition) is 3. The predicted octanol–water partition coefficient (Wildman–Crippen LogP) is 1.36. The minimum atomic E-state index is 0.135. The van der Waals surface area contributed by atoms with E-state index in [1.165, 1.54) is 19.3 Å². The Morgan fingerprint density at radius 1 is 1.31 bits per heavy atom.